The van der Waals surface area contributed by atoms with Crippen LogP contribution in [-0.2, 0) is 4.84 Å². The molecule has 0 aliphatic heterocycles. The van der Waals surface area contributed by atoms with Gasteiger partial charge in [-0.15, -0.1) is 0 Å². The quantitative estimate of drug-likeness (QED) is 0.252. The molecule has 35 heavy (non-hydrogen) atoms. The van der Waals surface area contributed by atoms with E-state index in [0.717, 1.165) is 6.34 Å². The minimum atomic E-state index is -1.05. The number of ether oxygens (including phenoxy) is 3. The number of carbonyl (C=O) groups is 2. The number of aryl methyl sites for hydroxylation is 1. The van der Waals surface area contributed by atoms with Crippen molar-refractivity contribution >= 4 is 29.7 Å². The zero-order valence-corrected chi connectivity index (χ0v) is 20.6. The van der Waals surface area contributed by atoms with E-state index in [4.69, 9.17) is 19.0 Å². The van der Waals surface area contributed by atoms with Crippen LogP contribution in [0.5, 0.6) is 17.2 Å². The third-order valence-corrected chi connectivity index (χ3v) is 4.70. The molecule has 2 aromatic rings. The lowest BCUT2D eigenvalue weighted by Crippen LogP contribution is -2.42. The topological polar surface area (TPSA) is 142 Å². The van der Waals surface area contributed by atoms with Gasteiger partial charge in [0, 0.05) is 17.2 Å². The number of methoxy groups -OCH3 is 3. The predicted molar refractivity (Wildman–Crippen MR) is 129 cm³/mol. The summed E-state index contributed by atoms with van der Waals surface area (Å²) in [6, 6.07) is 7.34. The minimum absolute atomic E-state index is 0.117. The van der Waals surface area contributed by atoms with Gasteiger partial charge in [-0.3, -0.25) is 14.9 Å². The molecule has 0 heterocycles. The first-order valence-electron chi connectivity index (χ1n) is 10.3. The molecule has 2 aromatic carbocycles. The number of hydroxylamine groups is 1. The summed E-state index contributed by atoms with van der Waals surface area (Å²) in [5, 5.41) is 14.9. The Bertz CT molecular complexity index is 1120. The van der Waals surface area contributed by atoms with E-state index in [0.29, 0.717) is 17.0 Å². The summed E-state index contributed by atoms with van der Waals surface area (Å²) >= 11 is 0. The SMILES string of the molecule is COc1cc(C(=O)NC=NC(=O)ON(c2ccc(C)c([N+](=O)[O-])c2)C(C)(C)C)cc(OC)c1OC. The highest BCUT2D eigenvalue weighted by Gasteiger charge is 2.28. The number of anilines is 1. The highest BCUT2D eigenvalue weighted by Crippen LogP contribution is 2.38. The summed E-state index contributed by atoms with van der Waals surface area (Å²) in [5.41, 5.74) is 0.0519. The largest absolute Gasteiger partial charge is 0.493 e. The van der Waals surface area contributed by atoms with Gasteiger partial charge in [0.05, 0.1) is 37.5 Å². The number of rotatable bonds is 8. The van der Waals surface area contributed by atoms with Crippen molar-refractivity contribution in [3.63, 3.8) is 0 Å². The smallest absolute Gasteiger partial charge is 0.459 e. The minimum Gasteiger partial charge on any atom is -0.493 e. The number of benzene rings is 2. The molecule has 12 heteroatoms. The van der Waals surface area contributed by atoms with Gasteiger partial charge in [0.15, 0.2) is 11.5 Å². The molecule has 0 spiro atoms. The molecule has 0 saturated heterocycles. The van der Waals surface area contributed by atoms with E-state index in [1.165, 1.54) is 44.6 Å². The lowest BCUT2D eigenvalue weighted by atomic mass is 10.1. The van der Waals surface area contributed by atoms with E-state index in [1.54, 1.807) is 39.8 Å². The molecule has 2 amide bonds. The van der Waals surface area contributed by atoms with Crippen LogP contribution in [0.4, 0.5) is 16.2 Å². The van der Waals surface area contributed by atoms with E-state index in [2.05, 4.69) is 10.3 Å². The number of amides is 2. The van der Waals surface area contributed by atoms with Gasteiger partial charge < -0.3 is 24.4 Å². The molecule has 1 N–H and O–H groups in total. The molecule has 0 aliphatic rings. The Hall–Kier alpha value is -4.35. The van der Waals surface area contributed by atoms with E-state index in [1.807, 2.05) is 0 Å². The molecule has 0 unspecified atom stereocenters. The standard InChI is InChI=1S/C23H28N4O8/c1-14-8-9-16(12-17(14)27(30)31)26(23(2,3)4)35-22(29)25-13-24-21(28)15-10-18(32-5)20(34-7)19(11-15)33-6/h8-13H,1-7H3,(H,24,25,28,29). The van der Waals surface area contributed by atoms with Crippen molar-refractivity contribution in [3.05, 3.63) is 51.6 Å². The van der Waals surface area contributed by atoms with Gasteiger partial charge in [0.1, 0.15) is 6.34 Å². The van der Waals surface area contributed by atoms with Crippen molar-refractivity contribution < 1.29 is 33.6 Å². The van der Waals surface area contributed by atoms with Gasteiger partial charge >= 0.3 is 6.09 Å². The van der Waals surface area contributed by atoms with Gasteiger partial charge in [-0.1, -0.05) is 6.07 Å². The number of nitro groups is 1. The van der Waals surface area contributed by atoms with Crippen LogP contribution in [0.1, 0.15) is 36.7 Å². The summed E-state index contributed by atoms with van der Waals surface area (Å²) in [4.78, 5) is 44.6. The van der Waals surface area contributed by atoms with Crippen molar-refractivity contribution in [3.8, 4) is 17.2 Å². The Kier molecular flexibility index (Phi) is 8.59. The summed E-state index contributed by atoms with van der Waals surface area (Å²) in [5.74, 6) is 0.285. The van der Waals surface area contributed by atoms with Gasteiger partial charge in [-0.05, 0) is 45.9 Å². The number of hydrogen-bond acceptors (Lipinski definition) is 9. The summed E-state index contributed by atoms with van der Waals surface area (Å²) in [6.07, 6.45) is -0.167. The lowest BCUT2D eigenvalue weighted by molar-refractivity contribution is -0.385. The predicted octanol–water partition coefficient (Wildman–Crippen LogP) is 4.04. The highest BCUT2D eigenvalue weighted by atomic mass is 16.7. The molecule has 0 atom stereocenters. The van der Waals surface area contributed by atoms with Crippen molar-refractivity contribution in [2.75, 3.05) is 26.4 Å². The van der Waals surface area contributed by atoms with E-state index >= 15 is 0 Å². The maximum atomic E-state index is 12.5. The first-order valence-corrected chi connectivity index (χ1v) is 10.3. The Labute approximate surface area is 202 Å². The maximum Gasteiger partial charge on any atom is 0.459 e. The average Bonchev–Trinajstić information content (AvgIpc) is 2.80. The van der Waals surface area contributed by atoms with Gasteiger partial charge in [-0.25, -0.2) is 4.79 Å². The number of nitrogens with zero attached hydrogens (tertiary/aromatic N) is 3. The normalized spacial score (nSPS) is 11.1. The van der Waals surface area contributed by atoms with Crippen LogP contribution in [0.15, 0.2) is 35.3 Å². The number of carbonyl (C=O) groups excluding carboxylic acids is 2. The van der Waals surface area contributed by atoms with Crippen LogP contribution < -0.4 is 24.6 Å². The molecule has 0 aliphatic carbocycles. The molecular formula is C23H28N4O8. The van der Waals surface area contributed by atoms with Crippen LogP contribution in [0, 0.1) is 17.0 Å². The monoisotopic (exact) mass is 488 g/mol. The second kappa shape index (κ2) is 11.2. The van der Waals surface area contributed by atoms with Crippen molar-refractivity contribution in [1.82, 2.24) is 5.32 Å². The molecule has 0 radical (unpaired) electrons. The second-order valence-corrected chi connectivity index (χ2v) is 8.20. The molecule has 0 aromatic heterocycles. The molecule has 0 saturated carbocycles. The van der Waals surface area contributed by atoms with Crippen LogP contribution in [0.2, 0.25) is 0 Å². The van der Waals surface area contributed by atoms with Gasteiger partial charge in [-0.2, -0.15) is 10.1 Å². The zero-order valence-electron chi connectivity index (χ0n) is 20.6. The van der Waals surface area contributed by atoms with Gasteiger partial charge in [0.2, 0.25) is 5.75 Å². The lowest BCUT2D eigenvalue weighted by Gasteiger charge is -2.34. The fraction of sp³-hybridized carbons (Fsp3) is 0.348. The number of nitro benzene ring substituents is 1. The number of aliphatic imine (C=N–C) groups is 1. The van der Waals surface area contributed by atoms with E-state index < -0.39 is 22.5 Å². The molecule has 2 rings (SSSR count). The Morgan fingerprint density at radius 2 is 1.66 bits per heavy atom. The molecule has 12 nitrogen and oxygen atoms in total. The van der Waals surface area contributed by atoms with Gasteiger partial charge in [0.25, 0.3) is 11.6 Å². The number of nitrogens with one attached hydrogen (secondary N) is 1. The molecule has 0 bridgehead atoms. The van der Waals surface area contributed by atoms with Crippen molar-refractivity contribution in [1.29, 1.82) is 0 Å². The Morgan fingerprint density at radius 1 is 1.06 bits per heavy atom. The summed E-state index contributed by atoms with van der Waals surface area (Å²) < 4.78 is 15.7. The molecule has 188 valence electrons. The summed E-state index contributed by atoms with van der Waals surface area (Å²) in [7, 11) is 4.27. The first kappa shape index (κ1) is 26.9. The van der Waals surface area contributed by atoms with E-state index in [-0.39, 0.29) is 22.7 Å². The second-order valence-electron chi connectivity index (χ2n) is 8.20. The summed E-state index contributed by atoms with van der Waals surface area (Å²) in [6.45, 7) is 6.86. The Morgan fingerprint density at radius 3 is 2.14 bits per heavy atom. The van der Waals surface area contributed by atoms with Crippen LogP contribution >= 0.6 is 0 Å². The number of hydrogen-bond donors (Lipinski definition) is 1. The van der Waals surface area contributed by atoms with Crippen LogP contribution in [0.25, 0.3) is 0 Å². The Balaban J connectivity index is 2.18. The van der Waals surface area contributed by atoms with Crippen LogP contribution in [0.3, 0.4) is 0 Å². The average molecular weight is 488 g/mol. The molecule has 0 fully saturated rings. The fourth-order valence-corrected chi connectivity index (χ4v) is 3.04. The fourth-order valence-electron chi connectivity index (χ4n) is 3.04. The highest BCUT2D eigenvalue weighted by molar-refractivity contribution is 6.02. The van der Waals surface area contributed by atoms with E-state index in [9.17, 15) is 19.7 Å². The zero-order chi connectivity index (χ0) is 26.3. The maximum absolute atomic E-state index is 12.5. The van der Waals surface area contributed by atoms with Crippen LogP contribution in [-0.4, -0.2) is 50.1 Å². The molecular weight excluding hydrogens is 460 g/mol. The van der Waals surface area contributed by atoms with Crippen molar-refractivity contribution in [2.24, 2.45) is 4.99 Å². The van der Waals surface area contributed by atoms with Crippen molar-refractivity contribution in [2.45, 2.75) is 33.2 Å². The third kappa shape index (κ3) is 6.59. The first-order chi connectivity index (χ1) is 16.4. The third-order valence-electron chi connectivity index (χ3n) is 4.70.